The number of hydrogen-bond donors (Lipinski definition) is 2. The molecule has 19 heavy (non-hydrogen) atoms. The van der Waals surface area contributed by atoms with Crippen molar-refractivity contribution in [2.45, 2.75) is 13.5 Å². The smallest absolute Gasteiger partial charge is 0.172 e. The number of anilines is 1. The van der Waals surface area contributed by atoms with Crippen molar-refractivity contribution in [1.82, 2.24) is 4.98 Å². The standard InChI is InChI=1S/C14H15BrN2O2/c1-9-3-4-16-8-12(9)17-7-10-5-11(15)14(18)13(6-10)19-2/h3-6,8,17-18H,7H2,1-2H3. The van der Waals surface area contributed by atoms with Crippen molar-refractivity contribution in [1.29, 1.82) is 0 Å². The number of aromatic nitrogens is 1. The molecule has 1 heterocycles. The van der Waals surface area contributed by atoms with Gasteiger partial charge in [0.25, 0.3) is 0 Å². The number of aryl methyl sites for hydroxylation is 1. The molecule has 2 rings (SSSR count). The number of aromatic hydroxyl groups is 1. The maximum Gasteiger partial charge on any atom is 0.172 e. The molecular formula is C14H15BrN2O2. The molecule has 1 aromatic carbocycles. The highest BCUT2D eigenvalue weighted by Gasteiger charge is 2.08. The zero-order valence-electron chi connectivity index (χ0n) is 10.8. The number of phenols is 1. The summed E-state index contributed by atoms with van der Waals surface area (Å²) < 4.78 is 5.74. The van der Waals surface area contributed by atoms with Gasteiger partial charge in [-0.3, -0.25) is 4.98 Å². The number of ether oxygens (including phenoxy) is 1. The molecule has 0 radical (unpaired) electrons. The lowest BCUT2D eigenvalue weighted by Crippen LogP contribution is -2.02. The summed E-state index contributed by atoms with van der Waals surface area (Å²) in [5.74, 6) is 0.567. The van der Waals surface area contributed by atoms with Crippen LogP contribution in [0.15, 0.2) is 35.1 Å². The SMILES string of the molecule is COc1cc(CNc2cnccc2C)cc(Br)c1O. The number of nitrogens with one attached hydrogen (secondary N) is 1. The maximum absolute atomic E-state index is 9.75. The predicted octanol–water partition coefficient (Wildman–Crippen LogP) is 3.48. The van der Waals surface area contributed by atoms with Gasteiger partial charge in [0.2, 0.25) is 0 Å². The molecule has 0 atom stereocenters. The quantitative estimate of drug-likeness (QED) is 0.904. The van der Waals surface area contributed by atoms with Gasteiger partial charge in [-0.05, 0) is 52.2 Å². The van der Waals surface area contributed by atoms with Crippen molar-refractivity contribution in [3.8, 4) is 11.5 Å². The van der Waals surface area contributed by atoms with E-state index in [1.807, 2.05) is 19.1 Å². The molecule has 1 aromatic heterocycles. The first-order valence-electron chi connectivity index (χ1n) is 5.81. The molecule has 0 unspecified atom stereocenters. The lowest BCUT2D eigenvalue weighted by Gasteiger charge is -2.11. The van der Waals surface area contributed by atoms with E-state index < -0.39 is 0 Å². The van der Waals surface area contributed by atoms with Gasteiger partial charge in [-0.2, -0.15) is 0 Å². The van der Waals surface area contributed by atoms with Crippen LogP contribution in [0, 0.1) is 6.92 Å². The minimum absolute atomic E-state index is 0.115. The van der Waals surface area contributed by atoms with E-state index in [0.29, 0.717) is 16.8 Å². The third kappa shape index (κ3) is 3.17. The molecule has 2 aromatic rings. The molecule has 100 valence electrons. The number of benzene rings is 1. The van der Waals surface area contributed by atoms with Gasteiger partial charge in [0.15, 0.2) is 11.5 Å². The van der Waals surface area contributed by atoms with Gasteiger partial charge >= 0.3 is 0 Å². The number of nitrogens with zero attached hydrogens (tertiary/aromatic N) is 1. The van der Waals surface area contributed by atoms with Gasteiger partial charge in [0, 0.05) is 12.7 Å². The van der Waals surface area contributed by atoms with Crippen molar-refractivity contribution in [3.63, 3.8) is 0 Å². The lowest BCUT2D eigenvalue weighted by atomic mass is 10.2. The molecule has 0 amide bonds. The molecule has 2 N–H and O–H groups in total. The summed E-state index contributed by atoms with van der Waals surface area (Å²) in [6.07, 6.45) is 3.56. The summed E-state index contributed by atoms with van der Waals surface area (Å²) in [6.45, 7) is 2.65. The molecule has 0 fully saturated rings. The Labute approximate surface area is 120 Å². The average Bonchev–Trinajstić information content (AvgIpc) is 2.41. The Kier molecular flexibility index (Phi) is 4.27. The number of rotatable bonds is 4. The van der Waals surface area contributed by atoms with Crippen molar-refractivity contribution >= 4 is 21.6 Å². The van der Waals surface area contributed by atoms with Crippen LogP contribution in [0.1, 0.15) is 11.1 Å². The van der Waals surface area contributed by atoms with Crippen LogP contribution >= 0.6 is 15.9 Å². The Hall–Kier alpha value is -1.75. The third-order valence-electron chi connectivity index (χ3n) is 2.83. The lowest BCUT2D eigenvalue weighted by molar-refractivity contribution is 0.371. The summed E-state index contributed by atoms with van der Waals surface area (Å²) in [4.78, 5) is 4.09. The highest BCUT2D eigenvalue weighted by molar-refractivity contribution is 9.10. The van der Waals surface area contributed by atoms with E-state index in [4.69, 9.17) is 4.74 Å². The van der Waals surface area contributed by atoms with E-state index in [2.05, 4.69) is 26.2 Å². The molecule has 5 heteroatoms. The number of halogens is 1. The second kappa shape index (κ2) is 5.93. The second-order valence-corrected chi connectivity index (χ2v) is 5.03. The summed E-state index contributed by atoms with van der Waals surface area (Å²) in [6, 6.07) is 5.62. The van der Waals surface area contributed by atoms with E-state index in [1.165, 1.54) is 7.11 Å². The first-order valence-corrected chi connectivity index (χ1v) is 6.61. The van der Waals surface area contributed by atoms with Crippen LogP contribution in [-0.4, -0.2) is 17.2 Å². The monoisotopic (exact) mass is 322 g/mol. The van der Waals surface area contributed by atoms with E-state index in [-0.39, 0.29) is 5.75 Å². The third-order valence-corrected chi connectivity index (χ3v) is 3.43. The number of hydrogen-bond acceptors (Lipinski definition) is 4. The van der Waals surface area contributed by atoms with Gasteiger partial charge < -0.3 is 15.2 Å². The highest BCUT2D eigenvalue weighted by atomic mass is 79.9. The van der Waals surface area contributed by atoms with Gasteiger partial charge in [-0.1, -0.05) is 0 Å². The first-order chi connectivity index (χ1) is 9.11. The predicted molar refractivity (Wildman–Crippen MR) is 78.7 cm³/mol. The number of pyridine rings is 1. The molecule has 0 saturated heterocycles. The number of phenolic OH excluding ortho intramolecular Hbond substituents is 1. The summed E-state index contributed by atoms with van der Waals surface area (Å²) in [5, 5.41) is 13.1. The second-order valence-electron chi connectivity index (χ2n) is 4.17. The van der Waals surface area contributed by atoms with Crippen LogP contribution in [-0.2, 0) is 6.54 Å². The van der Waals surface area contributed by atoms with E-state index in [0.717, 1.165) is 16.8 Å². The van der Waals surface area contributed by atoms with Crippen LogP contribution in [0.2, 0.25) is 0 Å². The van der Waals surface area contributed by atoms with E-state index in [9.17, 15) is 5.11 Å². The molecule has 0 spiro atoms. The van der Waals surface area contributed by atoms with Crippen molar-refractivity contribution < 1.29 is 9.84 Å². The average molecular weight is 323 g/mol. The van der Waals surface area contributed by atoms with E-state index >= 15 is 0 Å². The van der Waals surface area contributed by atoms with Crippen LogP contribution < -0.4 is 10.1 Å². The maximum atomic E-state index is 9.75. The van der Waals surface area contributed by atoms with Crippen molar-refractivity contribution in [2.24, 2.45) is 0 Å². The fourth-order valence-corrected chi connectivity index (χ4v) is 2.22. The molecular weight excluding hydrogens is 308 g/mol. The molecule has 0 aliphatic carbocycles. The Balaban J connectivity index is 2.16. The summed E-state index contributed by atoms with van der Waals surface area (Å²) in [7, 11) is 1.53. The minimum atomic E-state index is 0.115. The molecule has 0 aliphatic rings. The summed E-state index contributed by atoms with van der Waals surface area (Å²) in [5.41, 5.74) is 3.13. The van der Waals surface area contributed by atoms with Crippen molar-refractivity contribution in [2.75, 3.05) is 12.4 Å². The fourth-order valence-electron chi connectivity index (χ4n) is 1.73. The van der Waals surface area contributed by atoms with Crippen LogP contribution in [0.25, 0.3) is 0 Å². The number of methoxy groups -OCH3 is 1. The van der Waals surface area contributed by atoms with Gasteiger partial charge in [0.1, 0.15) is 0 Å². The van der Waals surface area contributed by atoms with Gasteiger partial charge in [0.05, 0.1) is 23.5 Å². The topological polar surface area (TPSA) is 54.4 Å². The van der Waals surface area contributed by atoms with Crippen LogP contribution in [0.4, 0.5) is 5.69 Å². The Morgan fingerprint density at radius 2 is 2.21 bits per heavy atom. The normalized spacial score (nSPS) is 10.3. The largest absolute Gasteiger partial charge is 0.503 e. The Morgan fingerprint density at radius 1 is 1.42 bits per heavy atom. The zero-order chi connectivity index (χ0) is 13.8. The van der Waals surface area contributed by atoms with Crippen molar-refractivity contribution in [3.05, 3.63) is 46.2 Å². The Bertz CT molecular complexity index is 588. The van der Waals surface area contributed by atoms with Crippen LogP contribution in [0.3, 0.4) is 0 Å². The zero-order valence-corrected chi connectivity index (χ0v) is 12.4. The first kappa shape index (κ1) is 13.7. The van der Waals surface area contributed by atoms with Gasteiger partial charge in [-0.15, -0.1) is 0 Å². The fraction of sp³-hybridized carbons (Fsp3) is 0.214. The van der Waals surface area contributed by atoms with Crippen LogP contribution in [0.5, 0.6) is 11.5 Å². The molecule has 0 saturated carbocycles. The molecule has 4 nitrogen and oxygen atoms in total. The molecule has 0 bridgehead atoms. The van der Waals surface area contributed by atoms with E-state index in [1.54, 1.807) is 18.5 Å². The minimum Gasteiger partial charge on any atom is -0.503 e. The van der Waals surface area contributed by atoms with Gasteiger partial charge in [-0.25, -0.2) is 0 Å². The summed E-state index contributed by atoms with van der Waals surface area (Å²) >= 11 is 3.31. The Morgan fingerprint density at radius 3 is 2.89 bits per heavy atom. The highest BCUT2D eigenvalue weighted by Crippen LogP contribution is 2.35. The molecule has 0 aliphatic heterocycles.